The molecule has 1 N–H and O–H groups in total. The Morgan fingerprint density at radius 1 is 1.43 bits per heavy atom. The summed E-state index contributed by atoms with van der Waals surface area (Å²) in [7, 11) is 0. The normalized spacial score (nSPS) is 19.7. The van der Waals surface area contributed by atoms with Crippen LogP contribution in [-0.2, 0) is 0 Å². The van der Waals surface area contributed by atoms with Crippen molar-refractivity contribution in [3.05, 3.63) is 33.3 Å². The molecule has 0 radical (unpaired) electrons. The zero-order chi connectivity index (χ0) is 15.2. The van der Waals surface area contributed by atoms with E-state index >= 15 is 0 Å². The molecular weight excluding hydrogens is 354 g/mol. The van der Waals surface area contributed by atoms with E-state index in [0.29, 0.717) is 23.0 Å². The number of Topliss-reactive ketones (excluding diaryl/α,β-unsaturated/α-hetero) is 1. The quantitative estimate of drug-likeness (QED) is 0.767. The van der Waals surface area contributed by atoms with Crippen LogP contribution in [0.1, 0.15) is 42.5 Å². The van der Waals surface area contributed by atoms with Gasteiger partial charge in [-0.1, -0.05) is 34.0 Å². The molecule has 1 heterocycles. The Labute approximate surface area is 139 Å². The number of aliphatic hydroxyl groups excluding tert-OH is 1. The van der Waals surface area contributed by atoms with Gasteiger partial charge in [0.2, 0.25) is 0 Å². The third-order valence-corrected chi connectivity index (χ3v) is 4.87. The van der Waals surface area contributed by atoms with E-state index in [9.17, 15) is 4.79 Å². The number of nitrogens with zero attached hydrogens (tertiary/aromatic N) is 1. The second-order valence-corrected chi connectivity index (χ2v) is 6.82. The van der Waals surface area contributed by atoms with Gasteiger partial charge in [0.1, 0.15) is 0 Å². The maximum Gasteiger partial charge on any atom is 0.165 e. The molecule has 1 aliphatic heterocycles. The molecule has 1 unspecified atom stereocenters. The van der Waals surface area contributed by atoms with Crippen molar-refractivity contribution in [2.45, 2.75) is 38.1 Å². The molecule has 1 aromatic rings. The minimum Gasteiger partial charge on any atom is -0.396 e. The van der Waals surface area contributed by atoms with Gasteiger partial charge in [-0.3, -0.25) is 9.69 Å². The van der Waals surface area contributed by atoms with Crippen LogP contribution in [-0.4, -0.2) is 41.5 Å². The van der Waals surface area contributed by atoms with Gasteiger partial charge < -0.3 is 5.11 Å². The van der Waals surface area contributed by atoms with Crippen LogP contribution in [0.4, 0.5) is 0 Å². The molecule has 21 heavy (non-hydrogen) atoms. The summed E-state index contributed by atoms with van der Waals surface area (Å²) in [5.74, 6) is 0.0841. The third-order valence-electron chi connectivity index (χ3n) is 4.07. The largest absolute Gasteiger partial charge is 0.396 e. The minimum absolute atomic E-state index is 0.0841. The molecule has 2 rings (SSSR count). The topological polar surface area (TPSA) is 40.5 Å². The molecule has 1 saturated heterocycles. The zero-order valence-electron chi connectivity index (χ0n) is 12.0. The number of halogens is 2. The molecule has 0 amide bonds. The van der Waals surface area contributed by atoms with Gasteiger partial charge in [-0.05, 0) is 44.0 Å². The average molecular weight is 375 g/mol. The number of likely N-dealkylation sites (tertiary alicyclic amines) is 1. The van der Waals surface area contributed by atoms with Crippen LogP contribution in [0.2, 0.25) is 5.02 Å². The molecular formula is C16H21BrClNO2. The summed E-state index contributed by atoms with van der Waals surface area (Å²) in [5, 5.41) is 9.64. The van der Waals surface area contributed by atoms with Crippen LogP contribution in [0, 0.1) is 0 Å². The summed E-state index contributed by atoms with van der Waals surface area (Å²) >= 11 is 9.47. The van der Waals surface area contributed by atoms with E-state index in [1.807, 2.05) is 6.07 Å². The smallest absolute Gasteiger partial charge is 0.165 e. The van der Waals surface area contributed by atoms with Crippen LogP contribution in [0.15, 0.2) is 22.7 Å². The van der Waals surface area contributed by atoms with Gasteiger partial charge >= 0.3 is 0 Å². The van der Waals surface area contributed by atoms with Crippen molar-refractivity contribution < 1.29 is 9.90 Å². The van der Waals surface area contributed by atoms with Gasteiger partial charge in [-0.15, -0.1) is 0 Å². The summed E-state index contributed by atoms with van der Waals surface area (Å²) in [5.41, 5.74) is 0.593. The van der Waals surface area contributed by atoms with Crippen LogP contribution in [0.25, 0.3) is 0 Å². The number of hydrogen-bond acceptors (Lipinski definition) is 3. The van der Waals surface area contributed by atoms with Crippen molar-refractivity contribution in [3.63, 3.8) is 0 Å². The summed E-state index contributed by atoms with van der Waals surface area (Å²) in [6.07, 6.45) is 4.78. The van der Waals surface area contributed by atoms with Crippen LogP contribution >= 0.6 is 27.5 Å². The highest BCUT2D eigenvalue weighted by atomic mass is 79.9. The highest BCUT2D eigenvalue weighted by Crippen LogP contribution is 2.24. The molecule has 1 fully saturated rings. The highest BCUT2D eigenvalue weighted by molar-refractivity contribution is 9.10. The maximum atomic E-state index is 12.3. The summed E-state index contributed by atoms with van der Waals surface area (Å²) in [6, 6.07) is 5.78. The number of rotatable bonds is 6. The molecule has 0 aromatic heterocycles. The number of carbonyl (C=O) groups excluding carboxylic acids is 1. The number of ketones is 1. The molecule has 3 nitrogen and oxygen atoms in total. The standard InChI is InChI=1S/C16H21BrClNO2/c17-12-4-5-14(15(18)11-12)16(21)6-9-19-8-2-1-3-13(19)7-10-20/h4-5,11,13,20H,1-3,6-10H2. The van der Waals surface area contributed by atoms with E-state index in [1.165, 1.54) is 12.8 Å². The lowest BCUT2D eigenvalue weighted by molar-refractivity contribution is 0.0897. The molecule has 0 bridgehead atoms. The molecule has 0 saturated carbocycles. The lowest BCUT2D eigenvalue weighted by Crippen LogP contribution is -2.41. The predicted octanol–water partition coefficient (Wildman–Crippen LogP) is 3.91. The Balaban J connectivity index is 1.93. The van der Waals surface area contributed by atoms with Gasteiger partial charge in [0.05, 0.1) is 5.02 Å². The predicted molar refractivity (Wildman–Crippen MR) is 89.0 cm³/mol. The van der Waals surface area contributed by atoms with Gasteiger partial charge in [0, 0.05) is 35.7 Å². The van der Waals surface area contributed by atoms with E-state index in [2.05, 4.69) is 20.8 Å². The van der Waals surface area contributed by atoms with E-state index in [0.717, 1.165) is 30.4 Å². The molecule has 5 heteroatoms. The molecule has 1 aromatic carbocycles. The first-order valence-corrected chi connectivity index (χ1v) is 8.62. The summed E-state index contributed by atoms with van der Waals surface area (Å²) in [6.45, 7) is 1.98. The fraction of sp³-hybridized carbons (Fsp3) is 0.562. The monoisotopic (exact) mass is 373 g/mol. The number of piperidine rings is 1. The number of benzene rings is 1. The van der Waals surface area contributed by atoms with Gasteiger partial charge in [0.25, 0.3) is 0 Å². The first-order chi connectivity index (χ1) is 10.1. The Bertz CT molecular complexity index is 493. The van der Waals surface area contributed by atoms with Gasteiger partial charge in [-0.2, -0.15) is 0 Å². The fourth-order valence-electron chi connectivity index (χ4n) is 2.93. The first-order valence-electron chi connectivity index (χ1n) is 7.45. The summed E-state index contributed by atoms with van der Waals surface area (Å²) < 4.78 is 0.878. The second kappa shape index (κ2) is 8.28. The second-order valence-electron chi connectivity index (χ2n) is 5.50. The zero-order valence-corrected chi connectivity index (χ0v) is 14.4. The van der Waals surface area contributed by atoms with E-state index < -0.39 is 0 Å². The van der Waals surface area contributed by atoms with Crippen molar-refractivity contribution in [1.29, 1.82) is 0 Å². The lowest BCUT2D eigenvalue weighted by Gasteiger charge is -2.35. The van der Waals surface area contributed by atoms with Gasteiger partial charge in [-0.25, -0.2) is 0 Å². The Kier molecular flexibility index (Phi) is 6.68. The molecule has 1 aliphatic rings. The van der Waals surface area contributed by atoms with Crippen molar-refractivity contribution >= 4 is 33.3 Å². The van der Waals surface area contributed by atoms with Crippen LogP contribution < -0.4 is 0 Å². The highest BCUT2D eigenvalue weighted by Gasteiger charge is 2.22. The molecule has 0 spiro atoms. The number of aliphatic hydroxyl groups is 1. The summed E-state index contributed by atoms with van der Waals surface area (Å²) in [4.78, 5) is 14.6. The molecule has 0 aliphatic carbocycles. The Morgan fingerprint density at radius 2 is 2.24 bits per heavy atom. The Hall–Kier alpha value is -0.420. The minimum atomic E-state index is 0.0841. The van der Waals surface area contributed by atoms with E-state index in [4.69, 9.17) is 16.7 Å². The van der Waals surface area contributed by atoms with Gasteiger partial charge in [0.15, 0.2) is 5.78 Å². The van der Waals surface area contributed by atoms with Crippen molar-refractivity contribution in [2.24, 2.45) is 0 Å². The third kappa shape index (κ3) is 4.78. The average Bonchev–Trinajstić information content (AvgIpc) is 2.46. The SMILES string of the molecule is O=C(CCN1CCCCC1CCO)c1ccc(Br)cc1Cl. The molecule has 116 valence electrons. The first kappa shape index (κ1) is 16.9. The lowest BCUT2D eigenvalue weighted by atomic mass is 9.98. The Morgan fingerprint density at radius 3 is 2.95 bits per heavy atom. The number of hydrogen-bond donors (Lipinski definition) is 1. The van der Waals surface area contributed by atoms with Crippen LogP contribution in [0.3, 0.4) is 0 Å². The van der Waals surface area contributed by atoms with Crippen LogP contribution in [0.5, 0.6) is 0 Å². The maximum absolute atomic E-state index is 12.3. The molecule has 1 atom stereocenters. The number of carbonyl (C=O) groups is 1. The van der Waals surface area contributed by atoms with Crippen molar-refractivity contribution in [3.8, 4) is 0 Å². The van der Waals surface area contributed by atoms with E-state index in [-0.39, 0.29) is 12.4 Å². The van der Waals surface area contributed by atoms with Crippen molar-refractivity contribution in [1.82, 2.24) is 4.90 Å². The van der Waals surface area contributed by atoms with Crippen molar-refractivity contribution in [2.75, 3.05) is 19.7 Å². The fourth-order valence-corrected chi connectivity index (χ4v) is 3.70. The van der Waals surface area contributed by atoms with E-state index in [1.54, 1.807) is 12.1 Å².